The summed E-state index contributed by atoms with van der Waals surface area (Å²) in [5.74, 6) is 0.576. The maximum Gasteiger partial charge on any atom is 0.252 e. The number of alkyl halides is 1. The van der Waals surface area contributed by atoms with E-state index in [0.717, 1.165) is 22.9 Å². The highest BCUT2D eigenvalue weighted by atomic mass is 79.9. The van der Waals surface area contributed by atoms with E-state index < -0.39 is 0 Å². The van der Waals surface area contributed by atoms with E-state index in [1.165, 1.54) is 0 Å². The van der Waals surface area contributed by atoms with Crippen molar-refractivity contribution >= 4 is 37.8 Å². The standard InChI is InChI=1S/C15H21Br2NO/c1-4-11(5-2)14(17)9-18-15(19)12-8-10(3)6-7-13(12)16/h6-8,11,14H,4-5,9H2,1-3H3,(H,18,19). The number of benzene rings is 1. The molecule has 0 aliphatic carbocycles. The van der Waals surface area contributed by atoms with Crippen LogP contribution in [0, 0.1) is 12.8 Å². The van der Waals surface area contributed by atoms with Crippen LogP contribution in [-0.2, 0) is 0 Å². The largest absolute Gasteiger partial charge is 0.351 e. The Morgan fingerprint density at radius 2 is 1.95 bits per heavy atom. The van der Waals surface area contributed by atoms with Crippen LogP contribution in [0.2, 0.25) is 0 Å². The lowest BCUT2D eigenvalue weighted by molar-refractivity contribution is 0.0951. The predicted molar refractivity (Wildman–Crippen MR) is 88.0 cm³/mol. The average Bonchev–Trinajstić information content (AvgIpc) is 2.40. The van der Waals surface area contributed by atoms with Gasteiger partial charge in [-0.25, -0.2) is 0 Å². The number of carbonyl (C=O) groups is 1. The summed E-state index contributed by atoms with van der Waals surface area (Å²) in [4.78, 5) is 12.5. The lowest BCUT2D eigenvalue weighted by Crippen LogP contribution is -2.33. The Labute approximate surface area is 132 Å². The van der Waals surface area contributed by atoms with Crippen LogP contribution in [0.25, 0.3) is 0 Å². The summed E-state index contributed by atoms with van der Waals surface area (Å²) >= 11 is 7.09. The van der Waals surface area contributed by atoms with Crippen molar-refractivity contribution < 1.29 is 4.79 Å². The van der Waals surface area contributed by atoms with Crippen molar-refractivity contribution in [3.05, 3.63) is 33.8 Å². The second-order valence-corrected chi connectivity index (χ2v) is 6.82. The molecule has 1 atom stereocenters. The van der Waals surface area contributed by atoms with Crippen molar-refractivity contribution in [3.8, 4) is 0 Å². The van der Waals surface area contributed by atoms with Crippen molar-refractivity contribution in [1.82, 2.24) is 5.32 Å². The molecule has 0 fully saturated rings. The van der Waals surface area contributed by atoms with Crippen LogP contribution in [0.15, 0.2) is 22.7 Å². The van der Waals surface area contributed by atoms with Gasteiger partial charge in [-0.15, -0.1) is 0 Å². The van der Waals surface area contributed by atoms with Gasteiger partial charge < -0.3 is 5.32 Å². The van der Waals surface area contributed by atoms with Crippen LogP contribution >= 0.6 is 31.9 Å². The third-order valence-electron chi connectivity index (χ3n) is 3.38. The smallest absolute Gasteiger partial charge is 0.252 e. The molecule has 0 spiro atoms. The Kier molecular flexibility index (Phi) is 7.08. The molecule has 1 aromatic rings. The molecule has 19 heavy (non-hydrogen) atoms. The molecule has 0 aliphatic rings. The molecular formula is C15H21Br2NO. The number of amides is 1. The molecular weight excluding hydrogens is 370 g/mol. The molecule has 1 amide bonds. The molecule has 0 aromatic heterocycles. The van der Waals surface area contributed by atoms with E-state index in [2.05, 4.69) is 51.0 Å². The molecule has 1 rings (SSSR count). The van der Waals surface area contributed by atoms with E-state index in [0.29, 0.717) is 22.9 Å². The van der Waals surface area contributed by atoms with Crippen LogP contribution < -0.4 is 5.32 Å². The fourth-order valence-electron chi connectivity index (χ4n) is 2.07. The van der Waals surface area contributed by atoms with E-state index >= 15 is 0 Å². The maximum absolute atomic E-state index is 12.2. The molecule has 1 unspecified atom stereocenters. The molecule has 106 valence electrons. The minimum Gasteiger partial charge on any atom is -0.351 e. The highest BCUT2D eigenvalue weighted by Crippen LogP contribution is 2.21. The van der Waals surface area contributed by atoms with E-state index in [-0.39, 0.29) is 5.91 Å². The van der Waals surface area contributed by atoms with Gasteiger partial charge in [0, 0.05) is 15.8 Å². The molecule has 4 heteroatoms. The highest BCUT2D eigenvalue weighted by molar-refractivity contribution is 9.10. The fraction of sp³-hybridized carbons (Fsp3) is 0.533. The van der Waals surface area contributed by atoms with Gasteiger partial charge in [-0.3, -0.25) is 4.79 Å². The van der Waals surface area contributed by atoms with Gasteiger partial charge in [-0.05, 0) is 40.9 Å². The quantitative estimate of drug-likeness (QED) is 0.701. The SMILES string of the molecule is CCC(CC)C(Br)CNC(=O)c1cc(C)ccc1Br. The normalized spacial score (nSPS) is 12.5. The Morgan fingerprint density at radius 1 is 1.32 bits per heavy atom. The lowest BCUT2D eigenvalue weighted by atomic mass is 9.99. The summed E-state index contributed by atoms with van der Waals surface area (Å²) in [6.07, 6.45) is 2.24. The molecule has 0 heterocycles. The van der Waals surface area contributed by atoms with E-state index in [4.69, 9.17) is 0 Å². The summed E-state index contributed by atoms with van der Waals surface area (Å²) < 4.78 is 0.837. The van der Waals surface area contributed by atoms with Crippen molar-refractivity contribution in [3.63, 3.8) is 0 Å². The third-order valence-corrected chi connectivity index (χ3v) is 5.15. The molecule has 1 N–H and O–H groups in total. The Hall–Kier alpha value is -0.350. The zero-order valence-corrected chi connectivity index (χ0v) is 14.8. The van der Waals surface area contributed by atoms with Gasteiger partial charge in [-0.1, -0.05) is 54.2 Å². The second kappa shape index (κ2) is 8.05. The molecule has 0 aliphatic heterocycles. The minimum absolute atomic E-state index is 0.0222. The number of nitrogens with one attached hydrogen (secondary N) is 1. The minimum atomic E-state index is -0.0222. The van der Waals surface area contributed by atoms with Gasteiger partial charge in [0.2, 0.25) is 0 Å². The van der Waals surface area contributed by atoms with E-state index in [1.54, 1.807) is 0 Å². The van der Waals surface area contributed by atoms with Gasteiger partial charge in [-0.2, -0.15) is 0 Å². The van der Waals surface area contributed by atoms with Crippen molar-refractivity contribution in [2.24, 2.45) is 5.92 Å². The number of hydrogen-bond acceptors (Lipinski definition) is 1. The number of hydrogen-bond donors (Lipinski definition) is 1. The molecule has 0 bridgehead atoms. The summed E-state index contributed by atoms with van der Waals surface area (Å²) in [6.45, 7) is 7.01. The zero-order chi connectivity index (χ0) is 14.4. The molecule has 2 nitrogen and oxygen atoms in total. The highest BCUT2D eigenvalue weighted by Gasteiger charge is 2.17. The number of rotatable bonds is 6. The maximum atomic E-state index is 12.2. The average molecular weight is 391 g/mol. The summed E-state index contributed by atoms with van der Waals surface area (Å²) in [5.41, 5.74) is 1.79. The van der Waals surface area contributed by atoms with Crippen LogP contribution in [0.5, 0.6) is 0 Å². The first-order valence-corrected chi connectivity index (χ1v) is 8.38. The lowest BCUT2D eigenvalue weighted by Gasteiger charge is -2.20. The van der Waals surface area contributed by atoms with Gasteiger partial charge in [0.15, 0.2) is 0 Å². The molecule has 0 saturated carbocycles. The number of halogens is 2. The zero-order valence-electron chi connectivity index (χ0n) is 11.7. The topological polar surface area (TPSA) is 29.1 Å². The Bertz CT molecular complexity index is 430. The second-order valence-electron chi connectivity index (χ2n) is 4.79. The van der Waals surface area contributed by atoms with Crippen LogP contribution in [-0.4, -0.2) is 17.3 Å². The third kappa shape index (κ3) is 4.92. The Balaban J connectivity index is 2.63. The van der Waals surface area contributed by atoms with E-state index in [9.17, 15) is 4.79 Å². The first kappa shape index (κ1) is 16.7. The monoisotopic (exact) mass is 389 g/mol. The number of aryl methyl sites for hydroxylation is 1. The van der Waals surface area contributed by atoms with Crippen molar-refractivity contribution in [2.45, 2.75) is 38.4 Å². The Morgan fingerprint density at radius 3 is 2.53 bits per heavy atom. The predicted octanol–water partition coefficient (Wildman–Crippen LogP) is 4.69. The van der Waals surface area contributed by atoms with Crippen LogP contribution in [0.3, 0.4) is 0 Å². The van der Waals surface area contributed by atoms with Crippen molar-refractivity contribution in [1.29, 1.82) is 0 Å². The van der Waals surface area contributed by atoms with E-state index in [1.807, 2.05) is 25.1 Å². The van der Waals surface area contributed by atoms with Gasteiger partial charge >= 0.3 is 0 Å². The molecule has 0 radical (unpaired) electrons. The first-order chi connectivity index (χ1) is 8.99. The summed E-state index contributed by atoms with van der Waals surface area (Å²) in [5, 5.41) is 3.00. The summed E-state index contributed by atoms with van der Waals surface area (Å²) in [6, 6.07) is 5.80. The van der Waals surface area contributed by atoms with Gasteiger partial charge in [0.1, 0.15) is 0 Å². The van der Waals surface area contributed by atoms with Crippen LogP contribution in [0.4, 0.5) is 0 Å². The number of carbonyl (C=O) groups excluding carboxylic acids is 1. The van der Waals surface area contributed by atoms with Crippen molar-refractivity contribution in [2.75, 3.05) is 6.54 Å². The van der Waals surface area contributed by atoms with Gasteiger partial charge in [0.05, 0.1) is 5.56 Å². The molecule has 1 aromatic carbocycles. The first-order valence-electron chi connectivity index (χ1n) is 6.68. The molecule has 0 saturated heterocycles. The van der Waals surface area contributed by atoms with Gasteiger partial charge in [0.25, 0.3) is 5.91 Å². The van der Waals surface area contributed by atoms with Crippen LogP contribution in [0.1, 0.15) is 42.6 Å². The fourth-order valence-corrected chi connectivity index (χ4v) is 3.40. The summed E-state index contributed by atoms with van der Waals surface area (Å²) in [7, 11) is 0.